The van der Waals surface area contributed by atoms with Crippen molar-refractivity contribution in [1.29, 1.82) is 0 Å². The van der Waals surface area contributed by atoms with Crippen molar-refractivity contribution < 1.29 is 99.0 Å². The van der Waals surface area contributed by atoms with Gasteiger partial charge < -0.3 is 59.5 Å². The van der Waals surface area contributed by atoms with Gasteiger partial charge in [-0.2, -0.15) is 39.5 Å². The van der Waals surface area contributed by atoms with Crippen LogP contribution in [0, 0.1) is 185 Å². The molecule has 0 aromatic rings. The second-order valence-electron chi connectivity index (χ2n) is 47.5. The van der Waals surface area contributed by atoms with E-state index < -0.39 is 77.0 Å². The topological polar surface area (TPSA) is 196 Å². The summed E-state index contributed by atoms with van der Waals surface area (Å²) in [5.41, 5.74) is -1.69. The van der Waals surface area contributed by atoms with Crippen molar-refractivity contribution in [2.45, 2.75) is 373 Å². The fraction of sp³-hybridized carbons (Fsp3) is 0.990. The lowest BCUT2D eigenvalue weighted by molar-refractivity contribution is -0.228. The average molecular weight is 1720 g/mol. The van der Waals surface area contributed by atoms with Crippen LogP contribution in [-0.2, 0) is 23.7 Å². The van der Waals surface area contributed by atoms with Crippen molar-refractivity contribution >= 4 is 6.29 Å². The van der Waals surface area contributed by atoms with E-state index in [1.807, 2.05) is 0 Å². The van der Waals surface area contributed by atoms with Crippen LogP contribution in [0.25, 0.3) is 0 Å². The summed E-state index contributed by atoms with van der Waals surface area (Å²) in [5, 5.41) is 73.9. The maximum atomic E-state index is 13.2. The van der Waals surface area contributed by atoms with E-state index in [2.05, 4.69) is 62.3 Å². The van der Waals surface area contributed by atoms with E-state index in [1.165, 1.54) is 44.8 Å². The molecule has 0 bridgehead atoms. The highest BCUT2D eigenvalue weighted by Crippen LogP contribution is 2.75. The first kappa shape index (κ1) is 96.2. The van der Waals surface area contributed by atoms with Crippen LogP contribution in [0.2, 0.25) is 0 Å². The maximum absolute atomic E-state index is 13.2. The molecule has 0 spiro atoms. The van der Waals surface area contributed by atoms with Crippen LogP contribution in [0.5, 0.6) is 0 Å². The van der Waals surface area contributed by atoms with E-state index >= 15 is 0 Å². The molecular weight excluding hydrogens is 1550 g/mol. The minimum atomic E-state index is -4.54. The lowest BCUT2D eigenvalue weighted by Gasteiger charge is -2.62. The zero-order valence-corrected chi connectivity index (χ0v) is 76.5. The van der Waals surface area contributed by atoms with Gasteiger partial charge in [0, 0.05) is 34.4 Å². The number of aliphatic hydroxyl groups is 7. The van der Waals surface area contributed by atoms with Crippen LogP contribution in [0.4, 0.5) is 39.5 Å². The summed E-state index contributed by atoms with van der Waals surface area (Å²) >= 11 is 0. The highest BCUT2D eigenvalue weighted by atomic mass is 19.4. The molecule has 39 atom stereocenters. The molecule has 16 aliphatic rings. The monoisotopic (exact) mass is 1720 g/mol. The highest BCUT2D eigenvalue weighted by Gasteiger charge is 2.69. The molecule has 7 N–H and O–H groups in total. The number of carbonyl (C=O) groups excluding carboxylic acids is 1. The summed E-state index contributed by atoms with van der Waals surface area (Å²) < 4.78 is 140. The molecule has 12 nitrogen and oxygen atoms in total. The molecule has 0 radical (unpaired) electrons. The molecule has 16 rings (SSSR count). The summed E-state index contributed by atoms with van der Waals surface area (Å²) in [6.07, 6.45) is 17.6. The maximum Gasteiger partial charge on any atom is 0.414 e. The third kappa shape index (κ3) is 17.0. The van der Waals surface area contributed by atoms with Gasteiger partial charge in [0.05, 0.1) is 48.8 Å². The number of carbonyl (C=O) groups is 1. The van der Waals surface area contributed by atoms with Gasteiger partial charge in [-0.25, -0.2) is 0 Å². The zero-order valence-electron chi connectivity index (χ0n) is 76.5. The van der Waals surface area contributed by atoms with Crippen LogP contribution in [0.3, 0.4) is 0 Å². The smallest absolute Gasteiger partial charge is 0.387 e. The Hall–Kier alpha value is -1.40. The van der Waals surface area contributed by atoms with Crippen molar-refractivity contribution in [3.63, 3.8) is 0 Å². The third-order valence-electron chi connectivity index (χ3n) is 42.5. The first-order chi connectivity index (χ1) is 55.8. The van der Waals surface area contributed by atoms with Crippen molar-refractivity contribution in [1.82, 2.24) is 0 Å². The molecule has 0 unspecified atom stereocenters. The second-order valence-corrected chi connectivity index (χ2v) is 47.5. The Labute approximate surface area is 715 Å². The molecule has 0 aromatic carbocycles. The number of methoxy groups -OCH3 is 4. The summed E-state index contributed by atoms with van der Waals surface area (Å²) in [4.78, 5) is 11.5. The number of hydrogen-bond acceptors (Lipinski definition) is 12. The summed E-state index contributed by atoms with van der Waals surface area (Å²) in [5.74, 6) is 7.75. The normalized spacial score (nSPS) is 50.4. The van der Waals surface area contributed by atoms with Gasteiger partial charge in [0.1, 0.15) is 6.29 Å². The fourth-order valence-electron chi connectivity index (χ4n) is 36.2. The van der Waals surface area contributed by atoms with E-state index in [1.54, 1.807) is 49.2 Å². The Bertz CT molecular complexity index is 3190. The van der Waals surface area contributed by atoms with Crippen LogP contribution in [0.1, 0.15) is 314 Å². The van der Waals surface area contributed by atoms with Crippen molar-refractivity contribution in [3.8, 4) is 0 Å². The summed E-state index contributed by atoms with van der Waals surface area (Å²) in [6.45, 7) is 27.6. The van der Waals surface area contributed by atoms with E-state index in [9.17, 15) is 80.1 Å². The molecule has 16 saturated carbocycles. The van der Waals surface area contributed by atoms with Gasteiger partial charge >= 0.3 is 18.5 Å². The average Bonchev–Trinajstić information content (AvgIpc) is 1.64. The Morgan fingerprint density at radius 1 is 0.292 bits per heavy atom. The van der Waals surface area contributed by atoms with E-state index in [0.717, 1.165) is 210 Å². The Morgan fingerprint density at radius 3 is 0.692 bits per heavy atom. The number of hydrogen-bond donors (Lipinski definition) is 7. The number of aliphatic hydroxyl groups excluding tert-OH is 3. The van der Waals surface area contributed by atoms with Gasteiger partial charge in [-0.05, 0) is 411 Å². The van der Waals surface area contributed by atoms with Crippen molar-refractivity contribution in [3.05, 3.63) is 0 Å². The molecule has 0 aliphatic heterocycles. The molecular formula is C99H163F9O12. The second kappa shape index (κ2) is 34.7. The summed E-state index contributed by atoms with van der Waals surface area (Å²) in [7, 11) is 6.66. The molecule has 16 fully saturated rings. The number of fused-ring (bicyclic) bond motifs is 20. The number of ether oxygens (including phenoxy) is 4. The fourth-order valence-corrected chi connectivity index (χ4v) is 36.2. The minimum Gasteiger partial charge on any atom is -0.387 e. The lowest BCUT2D eigenvalue weighted by Crippen LogP contribution is -2.57. The predicted octanol–water partition coefficient (Wildman–Crippen LogP) is 21.6. The van der Waals surface area contributed by atoms with Crippen LogP contribution >= 0.6 is 0 Å². The SMILES string of the molecule is COC[C@]1(O)CC[C@@]2(C)[C@H](CC[C@@H]3[C@@H]2CC[C@]2(C)[C@@H]([C@H](C)C=O)CC[C@@H]32)C1.COC[C@]1(O)CC[C@@]2(C)[C@H](CC[C@@H]3[C@@H]2CC[C@]2(C)[C@@H]([C@H](C)[C@@H](O)C(F)(F)F)CC[C@@H]32)C1.COC[C@]1(O)CC[C@@]2(C)[C@H](CC[C@@H]3[C@@H]2CC[C@]2(C)[C@@H]([C@H](C)[C@H](O)C(F)(F)F)CC[C@@H]32)C1.COC[C@]1(O)CC[C@@]2(C)[C@H](CC[C@@H]3[C@@H]2CC[C@]2(C)[C@@H]([C@H](C)[C@H](O)C(F)(F)F)CC[C@@H]32)C1. The van der Waals surface area contributed by atoms with E-state index in [-0.39, 0.29) is 56.2 Å². The molecule has 0 amide bonds. The lowest BCUT2D eigenvalue weighted by atomic mass is 9.43. The molecule has 0 aromatic heterocycles. The molecule has 0 saturated heterocycles. The predicted molar refractivity (Wildman–Crippen MR) is 447 cm³/mol. The highest BCUT2D eigenvalue weighted by molar-refractivity contribution is 5.54. The van der Waals surface area contributed by atoms with Gasteiger partial charge in [-0.1, -0.05) is 83.1 Å². The number of alkyl halides is 9. The summed E-state index contributed by atoms with van der Waals surface area (Å²) in [6, 6.07) is 0. The number of aldehydes is 1. The van der Waals surface area contributed by atoms with E-state index in [4.69, 9.17) is 18.9 Å². The number of halogens is 9. The van der Waals surface area contributed by atoms with Crippen LogP contribution < -0.4 is 0 Å². The quantitative estimate of drug-likeness (QED) is 0.0572. The van der Waals surface area contributed by atoms with Crippen LogP contribution in [0.15, 0.2) is 0 Å². The van der Waals surface area contributed by atoms with Gasteiger partial charge in [0.25, 0.3) is 0 Å². The van der Waals surface area contributed by atoms with Crippen molar-refractivity contribution in [2.75, 3.05) is 54.9 Å². The number of rotatable bonds is 16. The molecule has 694 valence electrons. The molecule has 0 heterocycles. The largest absolute Gasteiger partial charge is 0.414 e. The molecule has 21 heteroatoms. The standard InChI is InChI=1S/3C25H41F3O3.C24H40O3/c3*1-15(21(29)25(26,27)28)18-7-8-19-17-6-5-16-13-24(30,14-31-4)12-11-22(16,2)20(17)9-10-23(18,19)3;1-16(14-25)19-7-8-20-18-6-5-17-13-24(26,15-27-4)12-11-22(17,2)21(18)9-10-23(19,20)3/h3*15-21,29-30H,5-14H2,1-4H3;14,16-21,26H,5-13,15H2,1-4H3/t15-,16+,17-,18+,19-,20-,21+,22-,23+,24-;2*15-,16+,17-,18+,19-,20-,21-,22-,23+,24-;16-,17-,18+,19-,20+,21+,22+,23-,24+/m0001/s1. The van der Waals surface area contributed by atoms with Gasteiger partial charge in [-0.3, -0.25) is 0 Å². The third-order valence-corrected chi connectivity index (χ3v) is 42.5. The van der Waals surface area contributed by atoms with Gasteiger partial charge in [0.15, 0.2) is 18.3 Å². The first-order valence-corrected chi connectivity index (χ1v) is 48.4. The van der Waals surface area contributed by atoms with Crippen molar-refractivity contribution in [2.24, 2.45) is 185 Å². The first-order valence-electron chi connectivity index (χ1n) is 48.4. The minimum absolute atomic E-state index is 0.0706. The Kier molecular flexibility index (Phi) is 27.8. The van der Waals surface area contributed by atoms with Crippen LogP contribution in [-0.4, -0.2) is 156 Å². The Balaban J connectivity index is 0.000000138. The Morgan fingerprint density at radius 2 is 0.492 bits per heavy atom. The van der Waals surface area contributed by atoms with Gasteiger partial charge in [0.2, 0.25) is 0 Å². The van der Waals surface area contributed by atoms with Gasteiger partial charge in [-0.15, -0.1) is 0 Å². The zero-order chi connectivity index (χ0) is 87.9. The van der Waals surface area contributed by atoms with E-state index in [0.29, 0.717) is 120 Å². The molecule has 16 aliphatic carbocycles. The molecule has 120 heavy (non-hydrogen) atoms.